The fourth-order valence-corrected chi connectivity index (χ4v) is 1.14. The van der Waals surface area contributed by atoms with Crippen LogP contribution in [-0.2, 0) is 0 Å². The SMILES string of the molecule is CC(C)Oc1ccc(NCCN)cc1. The molecule has 0 aliphatic heterocycles. The Balaban J connectivity index is 2.50. The van der Waals surface area contributed by atoms with Crippen LogP contribution in [0.5, 0.6) is 5.75 Å². The Hall–Kier alpha value is -1.22. The molecule has 1 rings (SSSR count). The van der Waals surface area contributed by atoms with E-state index in [2.05, 4.69) is 5.32 Å². The average molecular weight is 194 g/mol. The van der Waals surface area contributed by atoms with Gasteiger partial charge in [0.1, 0.15) is 5.75 Å². The monoisotopic (exact) mass is 194 g/mol. The molecule has 0 spiro atoms. The number of rotatable bonds is 5. The van der Waals surface area contributed by atoms with Gasteiger partial charge in [0.25, 0.3) is 0 Å². The zero-order valence-corrected chi connectivity index (χ0v) is 8.79. The summed E-state index contributed by atoms with van der Waals surface area (Å²) in [6.07, 6.45) is 0.220. The minimum absolute atomic E-state index is 0.220. The van der Waals surface area contributed by atoms with Gasteiger partial charge in [-0.1, -0.05) is 0 Å². The first kappa shape index (κ1) is 10.9. The van der Waals surface area contributed by atoms with E-state index in [4.69, 9.17) is 10.5 Å². The van der Waals surface area contributed by atoms with Crippen molar-refractivity contribution in [3.8, 4) is 5.75 Å². The van der Waals surface area contributed by atoms with Gasteiger partial charge in [0.15, 0.2) is 0 Å². The summed E-state index contributed by atoms with van der Waals surface area (Å²) >= 11 is 0. The van der Waals surface area contributed by atoms with Crippen molar-refractivity contribution < 1.29 is 4.74 Å². The predicted molar refractivity (Wildman–Crippen MR) is 59.8 cm³/mol. The third-order valence-corrected chi connectivity index (χ3v) is 1.70. The molecule has 1 aromatic rings. The van der Waals surface area contributed by atoms with Gasteiger partial charge in [-0.15, -0.1) is 0 Å². The van der Waals surface area contributed by atoms with Gasteiger partial charge >= 0.3 is 0 Å². The van der Waals surface area contributed by atoms with Gasteiger partial charge in [0.05, 0.1) is 6.10 Å². The zero-order valence-electron chi connectivity index (χ0n) is 8.79. The number of hydrogen-bond donors (Lipinski definition) is 2. The first-order valence-electron chi connectivity index (χ1n) is 4.93. The molecule has 0 saturated heterocycles. The number of anilines is 1. The van der Waals surface area contributed by atoms with Crippen molar-refractivity contribution in [1.82, 2.24) is 0 Å². The Kier molecular flexibility index (Phi) is 4.26. The van der Waals surface area contributed by atoms with Crippen molar-refractivity contribution in [3.05, 3.63) is 24.3 Å². The molecule has 0 aliphatic carbocycles. The normalized spacial score (nSPS) is 10.3. The molecule has 0 saturated carbocycles. The fourth-order valence-electron chi connectivity index (χ4n) is 1.14. The lowest BCUT2D eigenvalue weighted by Gasteiger charge is -2.10. The standard InChI is InChI=1S/C11H18N2O/c1-9(2)14-11-5-3-10(4-6-11)13-8-7-12/h3-6,9,13H,7-8,12H2,1-2H3. The molecule has 0 atom stereocenters. The van der Waals surface area contributed by atoms with E-state index in [0.717, 1.165) is 18.0 Å². The van der Waals surface area contributed by atoms with Gasteiger partial charge in [-0.25, -0.2) is 0 Å². The first-order valence-corrected chi connectivity index (χ1v) is 4.93. The number of hydrogen-bond acceptors (Lipinski definition) is 3. The van der Waals surface area contributed by atoms with Crippen molar-refractivity contribution in [3.63, 3.8) is 0 Å². The van der Waals surface area contributed by atoms with Gasteiger partial charge < -0.3 is 15.8 Å². The van der Waals surface area contributed by atoms with Gasteiger partial charge in [-0.2, -0.15) is 0 Å². The molecule has 3 heteroatoms. The molecule has 0 heterocycles. The summed E-state index contributed by atoms with van der Waals surface area (Å²) in [4.78, 5) is 0. The maximum atomic E-state index is 5.52. The molecule has 0 aromatic heterocycles. The van der Waals surface area contributed by atoms with Crippen LogP contribution < -0.4 is 15.8 Å². The second-order valence-corrected chi connectivity index (χ2v) is 3.41. The van der Waals surface area contributed by atoms with Crippen LogP contribution in [0.25, 0.3) is 0 Å². The minimum atomic E-state index is 0.220. The lowest BCUT2D eigenvalue weighted by molar-refractivity contribution is 0.242. The van der Waals surface area contributed by atoms with Crippen LogP contribution >= 0.6 is 0 Å². The largest absolute Gasteiger partial charge is 0.491 e. The van der Waals surface area contributed by atoms with Crippen molar-refractivity contribution in [2.24, 2.45) is 5.73 Å². The third-order valence-electron chi connectivity index (χ3n) is 1.70. The average Bonchev–Trinajstić information content (AvgIpc) is 2.16. The molecule has 78 valence electrons. The van der Waals surface area contributed by atoms with Gasteiger partial charge in [0.2, 0.25) is 0 Å². The van der Waals surface area contributed by atoms with Crippen LogP contribution in [0.4, 0.5) is 5.69 Å². The number of nitrogens with one attached hydrogen (secondary N) is 1. The molecule has 3 N–H and O–H groups in total. The summed E-state index contributed by atoms with van der Waals surface area (Å²) in [7, 11) is 0. The smallest absolute Gasteiger partial charge is 0.119 e. The molecular weight excluding hydrogens is 176 g/mol. The van der Waals surface area contributed by atoms with Crippen molar-refractivity contribution in [1.29, 1.82) is 0 Å². The van der Waals surface area contributed by atoms with E-state index in [0.29, 0.717) is 6.54 Å². The lowest BCUT2D eigenvalue weighted by atomic mass is 10.3. The second kappa shape index (κ2) is 5.50. The quantitative estimate of drug-likeness (QED) is 0.752. The highest BCUT2D eigenvalue weighted by Gasteiger charge is 1.96. The molecule has 3 nitrogen and oxygen atoms in total. The van der Waals surface area contributed by atoms with E-state index >= 15 is 0 Å². The van der Waals surface area contributed by atoms with E-state index < -0.39 is 0 Å². The first-order chi connectivity index (χ1) is 6.72. The minimum Gasteiger partial charge on any atom is -0.491 e. The number of ether oxygens (including phenoxy) is 1. The summed E-state index contributed by atoms with van der Waals surface area (Å²) < 4.78 is 5.52. The van der Waals surface area contributed by atoms with Gasteiger partial charge in [-0.05, 0) is 38.1 Å². The number of benzene rings is 1. The Morgan fingerprint density at radius 2 is 1.93 bits per heavy atom. The van der Waals surface area contributed by atoms with Crippen molar-refractivity contribution >= 4 is 5.69 Å². The van der Waals surface area contributed by atoms with Crippen molar-refractivity contribution in [2.45, 2.75) is 20.0 Å². The highest BCUT2D eigenvalue weighted by Crippen LogP contribution is 2.16. The van der Waals surface area contributed by atoms with E-state index in [-0.39, 0.29) is 6.10 Å². The summed E-state index contributed by atoms with van der Waals surface area (Å²) in [6, 6.07) is 7.90. The fraction of sp³-hybridized carbons (Fsp3) is 0.455. The molecule has 0 fully saturated rings. The maximum absolute atomic E-state index is 5.52. The molecule has 0 radical (unpaired) electrons. The topological polar surface area (TPSA) is 47.3 Å². The Labute approximate surface area is 85.3 Å². The van der Waals surface area contributed by atoms with Crippen LogP contribution in [0, 0.1) is 0 Å². The third kappa shape index (κ3) is 3.66. The van der Waals surface area contributed by atoms with E-state index in [1.165, 1.54) is 0 Å². The lowest BCUT2D eigenvalue weighted by Crippen LogP contribution is -2.13. The van der Waals surface area contributed by atoms with Crippen LogP contribution in [0.1, 0.15) is 13.8 Å². The molecule has 0 amide bonds. The zero-order chi connectivity index (χ0) is 10.4. The maximum Gasteiger partial charge on any atom is 0.119 e. The molecule has 0 unspecified atom stereocenters. The van der Waals surface area contributed by atoms with Crippen LogP contribution in [0.15, 0.2) is 24.3 Å². The summed E-state index contributed by atoms with van der Waals surface area (Å²) in [5.74, 6) is 0.901. The summed E-state index contributed by atoms with van der Waals surface area (Å²) in [5.41, 5.74) is 6.46. The summed E-state index contributed by atoms with van der Waals surface area (Å²) in [6.45, 7) is 5.47. The van der Waals surface area contributed by atoms with E-state index in [1.807, 2.05) is 38.1 Å². The van der Waals surface area contributed by atoms with E-state index in [1.54, 1.807) is 0 Å². The van der Waals surface area contributed by atoms with E-state index in [9.17, 15) is 0 Å². The molecule has 0 aliphatic rings. The second-order valence-electron chi connectivity index (χ2n) is 3.41. The number of nitrogens with two attached hydrogens (primary N) is 1. The highest BCUT2D eigenvalue weighted by molar-refractivity contribution is 5.46. The molecule has 14 heavy (non-hydrogen) atoms. The van der Waals surface area contributed by atoms with Gasteiger partial charge in [-0.3, -0.25) is 0 Å². The molecule has 1 aromatic carbocycles. The molecular formula is C11H18N2O. The van der Waals surface area contributed by atoms with Crippen LogP contribution in [0.3, 0.4) is 0 Å². The Morgan fingerprint density at radius 3 is 2.43 bits per heavy atom. The molecule has 0 bridgehead atoms. The van der Waals surface area contributed by atoms with Crippen LogP contribution in [-0.4, -0.2) is 19.2 Å². The predicted octanol–water partition coefficient (Wildman–Crippen LogP) is 1.84. The van der Waals surface area contributed by atoms with Crippen LogP contribution in [0.2, 0.25) is 0 Å². The Bertz CT molecular complexity index is 256. The van der Waals surface area contributed by atoms with Crippen molar-refractivity contribution in [2.75, 3.05) is 18.4 Å². The summed E-state index contributed by atoms with van der Waals surface area (Å²) in [5, 5.41) is 3.19. The van der Waals surface area contributed by atoms with Gasteiger partial charge in [0, 0.05) is 18.8 Å². The highest BCUT2D eigenvalue weighted by atomic mass is 16.5. The Morgan fingerprint density at radius 1 is 1.29 bits per heavy atom.